The predicted molar refractivity (Wildman–Crippen MR) is 84.5 cm³/mol. The van der Waals surface area contributed by atoms with E-state index in [1.807, 2.05) is 19.2 Å². The van der Waals surface area contributed by atoms with E-state index in [-0.39, 0.29) is 6.04 Å². The van der Waals surface area contributed by atoms with Gasteiger partial charge in [0.25, 0.3) is 0 Å². The normalized spacial score (nSPS) is 22.6. The number of phenolic OH excluding ortho intramolecular Hbond substituents is 1. The molecular formula is C16H27N3O. The molecule has 2 unspecified atom stereocenters. The smallest absolute Gasteiger partial charge is 0.122 e. The maximum absolute atomic E-state index is 10.3. The average Bonchev–Trinajstić information content (AvgIpc) is 2.58. The monoisotopic (exact) mass is 277 g/mol. The first-order valence-electron chi connectivity index (χ1n) is 7.48. The summed E-state index contributed by atoms with van der Waals surface area (Å²) in [6.07, 6.45) is 1.16. The quantitative estimate of drug-likeness (QED) is 0.888. The second-order valence-electron chi connectivity index (χ2n) is 5.91. The third-order valence-corrected chi connectivity index (χ3v) is 4.29. The van der Waals surface area contributed by atoms with E-state index in [1.54, 1.807) is 0 Å². The number of benzene rings is 1. The molecule has 2 N–H and O–H groups in total. The van der Waals surface area contributed by atoms with Crippen molar-refractivity contribution in [1.82, 2.24) is 10.2 Å². The van der Waals surface area contributed by atoms with Crippen LogP contribution in [0, 0.1) is 0 Å². The van der Waals surface area contributed by atoms with E-state index in [0.717, 1.165) is 37.3 Å². The van der Waals surface area contributed by atoms with Gasteiger partial charge in [-0.05, 0) is 47.0 Å². The zero-order valence-electron chi connectivity index (χ0n) is 13.1. The van der Waals surface area contributed by atoms with E-state index < -0.39 is 0 Å². The van der Waals surface area contributed by atoms with Crippen molar-refractivity contribution in [1.29, 1.82) is 0 Å². The standard InChI is InChI=1S/C16H27N3O/c1-12-11-18(4)8-5-9-19(12)14-6-7-15(13(2)17-3)16(20)10-14/h6-7,10,12-13,17,20H,5,8-9,11H2,1-4H3. The second kappa shape index (κ2) is 6.46. The van der Waals surface area contributed by atoms with Gasteiger partial charge in [0.05, 0.1) is 0 Å². The van der Waals surface area contributed by atoms with Gasteiger partial charge in [-0.1, -0.05) is 6.07 Å². The summed E-state index contributed by atoms with van der Waals surface area (Å²) in [5, 5.41) is 13.4. The summed E-state index contributed by atoms with van der Waals surface area (Å²) in [6.45, 7) is 7.56. The minimum absolute atomic E-state index is 0.164. The number of hydrogen-bond acceptors (Lipinski definition) is 4. The van der Waals surface area contributed by atoms with Crippen LogP contribution in [-0.2, 0) is 0 Å². The van der Waals surface area contributed by atoms with E-state index >= 15 is 0 Å². The molecule has 20 heavy (non-hydrogen) atoms. The Balaban J connectivity index is 2.22. The molecule has 112 valence electrons. The predicted octanol–water partition coefficient (Wildman–Crippen LogP) is 2.20. The zero-order valence-corrected chi connectivity index (χ0v) is 13.1. The molecule has 0 aromatic heterocycles. The number of nitrogens with zero attached hydrogens (tertiary/aromatic N) is 2. The van der Waals surface area contributed by atoms with Gasteiger partial charge in [0.1, 0.15) is 5.75 Å². The van der Waals surface area contributed by atoms with Gasteiger partial charge in [-0.25, -0.2) is 0 Å². The Hall–Kier alpha value is -1.26. The lowest BCUT2D eigenvalue weighted by Crippen LogP contribution is -2.37. The zero-order chi connectivity index (χ0) is 14.7. The van der Waals surface area contributed by atoms with Crippen LogP contribution in [0.1, 0.15) is 31.9 Å². The lowest BCUT2D eigenvalue weighted by atomic mass is 10.1. The summed E-state index contributed by atoms with van der Waals surface area (Å²) in [6, 6.07) is 6.70. The van der Waals surface area contributed by atoms with E-state index in [9.17, 15) is 5.11 Å². The van der Waals surface area contributed by atoms with Crippen LogP contribution >= 0.6 is 0 Å². The molecule has 0 spiro atoms. The Morgan fingerprint density at radius 3 is 2.75 bits per heavy atom. The van der Waals surface area contributed by atoms with Crippen LogP contribution in [0.2, 0.25) is 0 Å². The highest BCUT2D eigenvalue weighted by atomic mass is 16.3. The molecule has 1 aromatic carbocycles. The molecule has 0 saturated carbocycles. The molecule has 1 fully saturated rings. The highest BCUT2D eigenvalue weighted by Crippen LogP contribution is 2.30. The molecule has 0 radical (unpaired) electrons. The number of aromatic hydroxyl groups is 1. The summed E-state index contributed by atoms with van der Waals surface area (Å²) >= 11 is 0. The number of likely N-dealkylation sites (N-methyl/N-ethyl adjacent to an activating group) is 1. The van der Waals surface area contributed by atoms with Crippen molar-refractivity contribution in [3.05, 3.63) is 23.8 Å². The maximum atomic E-state index is 10.3. The number of hydrogen-bond donors (Lipinski definition) is 2. The minimum Gasteiger partial charge on any atom is -0.508 e. The van der Waals surface area contributed by atoms with Gasteiger partial charge in [0.2, 0.25) is 0 Å². The first-order chi connectivity index (χ1) is 9.52. The fraction of sp³-hybridized carbons (Fsp3) is 0.625. The van der Waals surface area contributed by atoms with Gasteiger partial charge in [0, 0.05) is 42.5 Å². The summed E-state index contributed by atoms with van der Waals surface area (Å²) in [5.41, 5.74) is 2.08. The summed E-state index contributed by atoms with van der Waals surface area (Å²) in [7, 11) is 4.08. The highest BCUT2D eigenvalue weighted by Gasteiger charge is 2.21. The van der Waals surface area contributed by atoms with Crippen molar-refractivity contribution in [2.24, 2.45) is 0 Å². The first kappa shape index (κ1) is 15.1. The van der Waals surface area contributed by atoms with Crippen LogP contribution in [0.5, 0.6) is 5.75 Å². The van der Waals surface area contributed by atoms with E-state index in [1.165, 1.54) is 0 Å². The SMILES string of the molecule is CNC(C)c1ccc(N2CCCN(C)CC2C)cc1O. The number of nitrogens with one attached hydrogen (secondary N) is 1. The fourth-order valence-electron chi connectivity index (χ4n) is 2.99. The van der Waals surface area contributed by atoms with Crippen molar-refractivity contribution < 1.29 is 5.11 Å². The van der Waals surface area contributed by atoms with Crippen molar-refractivity contribution in [3.8, 4) is 5.75 Å². The lowest BCUT2D eigenvalue weighted by Gasteiger charge is -2.30. The average molecular weight is 277 g/mol. The third kappa shape index (κ3) is 3.25. The van der Waals surface area contributed by atoms with Crippen LogP contribution in [0.15, 0.2) is 18.2 Å². The largest absolute Gasteiger partial charge is 0.508 e. The molecule has 4 nitrogen and oxygen atoms in total. The molecule has 0 aliphatic carbocycles. The Bertz CT molecular complexity index is 449. The van der Waals surface area contributed by atoms with Gasteiger partial charge in [-0.15, -0.1) is 0 Å². The Kier molecular flexibility index (Phi) is 4.89. The molecule has 1 aliphatic rings. The van der Waals surface area contributed by atoms with E-state index in [4.69, 9.17) is 0 Å². The Morgan fingerprint density at radius 2 is 2.10 bits per heavy atom. The molecule has 1 aromatic rings. The number of anilines is 1. The van der Waals surface area contributed by atoms with Crippen LogP contribution in [-0.4, -0.2) is 49.8 Å². The Morgan fingerprint density at radius 1 is 1.35 bits per heavy atom. The summed E-state index contributed by atoms with van der Waals surface area (Å²) in [4.78, 5) is 4.78. The maximum Gasteiger partial charge on any atom is 0.122 e. The summed E-state index contributed by atoms with van der Waals surface area (Å²) < 4.78 is 0. The molecule has 0 bridgehead atoms. The van der Waals surface area contributed by atoms with Crippen molar-refractivity contribution in [2.45, 2.75) is 32.4 Å². The molecule has 0 amide bonds. The van der Waals surface area contributed by atoms with Crippen LogP contribution in [0.3, 0.4) is 0 Å². The summed E-state index contributed by atoms with van der Waals surface area (Å²) in [5.74, 6) is 0.383. The fourth-order valence-corrected chi connectivity index (χ4v) is 2.99. The number of phenols is 1. The van der Waals surface area contributed by atoms with Crippen molar-refractivity contribution in [3.63, 3.8) is 0 Å². The molecule has 1 heterocycles. The van der Waals surface area contributed by atoms with Gasteiger partial charge in [-0.3, -0.25) is 0 Å². The van der Waals surface area contributed by atoms with Crippen molar-refractivity contribution in [2.75, 3.05) is 38.6 Å². The molecule has 4 heteroatoms. The van der Waals surface area contributed by atoms with Crippen LogP contribution < -0.4 is 10.2 Å². The lowest BCUT2D eigenvalue weighted by molar-refractivity contribution is 0.337. The minimum atomic E-state index is 0.164. The molecule has 2 atom stereocenters. The molecule has 2 rings (SSSR count). The molecular weight excluding hydrogens is 250 g/mol. The van der Waals surface area contributed by atoms with E-state index in [0.29, 0.717) is 11.8 Å². The van der Waals surface area contributed by atoms with Crippen molar-refractivity contribution >= 4 is 5.69 Å². The topological polar surface area (TPSA) is 38.7 Å². The van der Waals surface area contributed by atoms with Gasteiger partial charge >= 0.3 is 0 Å². The van der Waals surface area contributed by atoms with Gasteiger partial charge in [-0.2, -0.15) is 0 Å². The molecule has 1 saturated heterocycles. The first-order valence-corrected chi connectivity index (χ1v) is 7.48. The molecule has 1 aliphatic heterocycles. The van der Waals surface area contributed by atoms with Crippen LogP contribution in [0.4, 0.5) is 5.69 Å². The highest BCUT2D eigenvalue weighted by molar-refractivity contribution is 5.54. The third-order valence-electron chi connectivity index (χ3n) is 4.29. The van der Waals surface area contributed by atoms with Gasteiger partial charge < -0.3 is 20.2 Å². The number of rotatable bonds is 3. The van der Waals surface area contributed by atoms with Gasteiger partial charge in [0.15, 0.2) is 0 Å². The second-order valence-corrected chi connectivity index (χ2v) is 5.91. The van der Waals surface area contributed by atoms with E-state index in [2.05, 4.69) is 42.1 Å². The Labute approximate surface area is 122 Å². The van der Waals surface area contributed by atoms with Crippen LogP contribution in [0.25, 0.3) is 0 Å².